The molecule has 110 valence electrons. The van der Waals surface area contributed by atoms with Gasteiger partial charge in [-0.3, -0.25) is 10.1 Å². The van der Waals surface area contributed by atoms with E-state index in [1.807, 2.05) is 0 Å². The van der Waals surface area contributed by atoms with Crippen LogP contribution in [0.4, 0.5) is 4.79 Å². The number of nitrogens with one attached hydrogen (secondary N) is 2. The average molecular weight is 301 g/mol. The monoisotopic (exact) mass is 301 g/mol. The zero-order valence-corrected chi connectivity index (χ0v) is 11.7. The Morgan fingerprint density at radius 2 is 1.80 bits per heavy atom. The minimum atomic E-state index is -3.77. The number of hydrogen-bond acceptors (Lipinski definition) is 5. The van der Waals surface area contributed by atoms with Gasteiger partial charge in [-0.25, -0.2) is 18.4 Å². The van der Waals surface area contributed by atoms with Crippen LogP contribution >= 0.6 is 0 Å². The Labute approximate surface area is 116 Å². The molecule has 8 nitrogen and oxygen atoms in total. The summed E-state index contributed by atoms with van der Waals surface area (Å²) in [6.07, 6.45) is -0.923. The van der Waals surface area contributed by atoms with Crippen LogP contribution in [0.3, 0.4) is 0 Å². The predicted octanol–water partition coefficient (Wildman–Crippen LogP) is -0.443. The average Bonchev–Trinajstić information content (AvgIpc) is 2.38. The van der Waals surface area contributed by atoms with Crippen LogP contribution in [0.2, 0.25) is 0 Å². The second-order valence-corrected chi connectivity index (χ2v) is 5.41. The summed E-state index contributed by atoms with van der Waals surface area (Å²) in [5, 5.41) is 9.24. The van der Waals surface area contributed by atoms with Gasteiger partial charge in [-0.15, -0.1) is 0 Å². The van der Waals surface area contributed by atoms with Gasteiger partial charge in [-0.2, -0.15) is 0 Å². The van der Waals surface area contributed by atoms with E-state index in [0.717, 1.165) is 0 Å². The summed E-state index contributed by atoms with van der Waals surface area (Å²) in [7, 11) is -2.40. The topological polar surface area (TPSA) is 128 Å². The first-order valence-electron chi connectivity index (χ1n) is 5.56. The first kappa shape index (κ1) is 15.9. The highest BCUT2D eigenvalue weighted by Gasteiger charge is 2.17. The number of urea groups is 1. The summed E-state index contributed by atoms with van der Waals surface area (Å²) < 4.78 is 27.4. The number of primary sulfonamides is 1. The van der Waals surface area contributed by atoms with Crippen molar-refractivity contribution < 1.29 is 22.7 Å². The zero-order valence-electron chi connectivity index (χ0n) is 10.9. The van der Waals surface area contributed by atoms with Crippen LogP contribution in [-0.2, 0) is 14.8 Å². The van der Waals surface area contributed by atoms with Gasteiger partial charge < -0.3 is 10.1 Å². The first-order chi connectivity index (χ1) is 9.24. The fraction of sp³-hybridized carbons (Fsp3) is 0.273. The number of carbonyl (C=O) groups is 2. The maximum Gasteiger partial charge on any atom is 0.321 e. The molecule has 0 saturated heterocycles. The van der Waals surface area contributed by atoms with Crippen LogP contribution in [0.25, 0.3) is 0 Å². The third kappa shape index (κ3) is 4.52. The van der Waals surface area contributed by atoms with Crippen LogP contribution in [0, 0.1) is 0 Å². The van der Waals surface area contributed by atoms with E-state index < -0.39 is 28.1 Å². The second kappa shape index (κ2) is 6.35. The van der Waals surface area contributed by atoms with Gasteiger partial charge in [0.25, 0.3) is 5.91 Å². The van der Waals surface area contributed by atoms with Crippen molar-refractivity contribution in [2.75, 3.05) is 7.05 Å². The Kier molecular flexibility index (Phi) is 5.06. The van der Waals surface area contributed by atoms with Crippen molar-refractivity contribution in [2.24, 2.45) is 5.14 Å². The Bertz CT molecular complexity index is 597. The van der Waals surface area contributed by atoms with Crippen molar-refractivity contribution in [3.05, 3.63) is 24.3 Å². The lowest BCUT2D eigenvalue weighted by Crippen LogP contribution is -2.43. The minimum absolute atomic E-state index is 0.0627. The van der Waals surface area contributed by atoms with Crippen molar-refractivity contribution in [3.8, 4) is 5.75 Å². The standard InChI is InChI=1S/C11H15N3O5S/c1-7(10(15)14-11(16)13-2)19-8-3-5-9(6-4-8)20(12,17)18/h3-7H,1-2H3,(H2,12,17,18)(H2,13,14,15,16). The lowest BCUT2D eigenvalue weighted by molar-refractivity contribution is -0.126. The number of benzene rings is 1. The maximum atomic E-state index is 11.5. The highest BCUT2D eigenvalue weighted by atomic mass is 32.2. The molecule has 20 heavy (non-hydrogen) atoms. The number of imide groups is 1. The molecule has 1 atom stereocenters. The smallest absolute Gasteiger partial charge is 0.321 e. The van der Waals surface area contributed by atoms with Gasteiger partial charge >= 0.3 is 6.03 Å². The molecule has 1 unspecified atom stereocenters. The first-order valence-corrected chi connectivity index (χ1v) is 7.10. The van der Waals surface area contributed by atoms with Gasteiger partial charge in [0, 0.05) is 7.05 Å². The molecular formula is C11H15N3O5S. The van der Waals surface area contributed by atoms with Crippen molar-refractivity contribution in [1.82, 2.24) is 10.6 Å². The molecule has 1 aromatic carbocycles. The Hall–Kier alpha value is -2.13. The highest BCUT2D eigenvalue weighted by molar-refractivity contribution is 7.89. The van der Waals surface area contributed by atoms with E-state index in [4.69, 9.17) is 9.88 Å². The van der Waals surface area contributed by atoms with Gasteiger partial charge in [-0.1, -0.05) is 0 Å². The number of rotatable bonds is 4. The van der Waals surface area contributed by atoms with E-state index >= 15 is 0 Å². The van der Waals surface area contributed by atoms with Crippen molar-refractivity contribution in [3.63, 3.8) is 0 Å². The highest BCUT2D eigenvalue weighted by Crippen LogP contribution is 2.16. The zero-order chi connectivity index (χ0) is 15.3. The van der Waals surface area contributed by atoms with E-state index in [1.165, 1.54) is 38.2 Å². The Morgan fingerprint density at radius 1 is 1.25 bits per heavy atom. The van der Waals surface area contributed by atoms with Crippen LogP contribution in [0.1, 0.15) is 6.92 Å². The van der Waals surface area contributed by atoms with Crippen molar-refractivity contribution >= 4 is 22.0 Å². The summed E-state index contributed by atoms with van der Waals surface area (Å²) in [6, 6.07) is 4.60. The Morgan fingerprint density at radius 3 is 2.25 bits per heavy atom. The molecule has 0 spiro atoms. The fourth-order valence-electron chi connectivity index (χ4n) is 1.24. The van der Waals surface area contributed by atoms with Crippen LogP contribution in [-0.4, -0.2) is 33.5 Å². The Balaban J connectivity index is 2.69. The summed E-state index contributed by atoms with van der Waals surface area (Å²) in [6.45, 7) is 1.45. The molecule has 0 bridgehead atoms. The van der Waals surface area contributed by atoms with Gasteiger partial charge in [0.15, 0.2) is 6.10 Å². The SMILES string of the molecule is CNC(=O)NC(=O)C(C)Oc1ccc(S(N)(=O)=O)cc1. The van der Waals surface area contributed by atoms with E-state index in [-0.39, 0.29) is 10.6 Å². The van der Waals surface area contributed by atoms with Gasteiger partial charge in [-0.05, 0) is 31.2 Å². The largest absolute Gasteiger partial charge is 0.481 e. The molecule has 4 N–H and O–H groups in total. The molecular weight excluding hydrogens is 286 g/mol. The van der Waals surface area contributed by atoms with Gasteiger partial charge in [0.2, 0.25) is 10.0 Å². The molecule has 0 fully saturated rings. The molecule has 0 saturated carbocycles. The number of hydrogen-bond donors (Lipinski definition) is 3. The van der Waals surface area contributed by atoms with Crippen molar-refractivity contribution in [1.29, 1.82) is 0 Å². The second-order valence-electron chi connectivity index (χ2n) is 3.84. The molecule has 0 heterocycles. The quantitative estimate of drug-likeness (QED) is 0.694. The van der Waals surface area contributed by atoms with Crippen LogP contribution < -0.4 is 20.5 Å². The summed E-state index contributed by atoms with van der Waals surface area (Å²) >= 11 is 0. The van der Waals surface area contributed by atoms with E-state index in [9.17, 15) is 18.0 Å². The van der Waals surface area contributed by atoms with Gasteiger partial charge in [0.05, 0.1) is 4.90 Å². The van der Waals surface area contributed by atoms with Crippen molar-refractivity contribution in [2.45, 2.75) is 17.9 Å². The summed E-state index contributed by atoms with van der Waals surface area (Å²) in [5.41, 5.74) is 0. The summed E-state index contributed by atoms with van der Waals surface area (Å²) in [5.74, 6) is -0.350. The number of sulfonamides is 1. The third-order valence-electron chi connectivity index (χ3n) is 2.30. The molecule has 1 aromatic rings. The molecule has 0 aliphatic heterocycles. The number of carbonyl (C=O) groups excluding carboxylic acids is 2. The number of ether oxygens (including phenoxy) is 1. The number of amides is 3. The molecule has 9 heteroatoms. The van der Waals surface area contributed by atoms with E-state index in [2.05, 4.69) is 10.6 Å². The third-order valence-corrected chi connectivity index (χ3v) is 3.23. The molecule has 0 aliphatic carbocycles. The maximum absolute atomic E-state index is 11.5. The molecule has 0 radical (unpaired) electrons. The fourth-order valence-corrected chi connectivity index (χ4v) is 1.76. The predicted molar refractivity (Wildman–Crippen MR) is 70.5 cm³/mol. The normalized spacial score (nSPS) is 12.3. The minimum Gasteiger partial charge on any atom is -0.481 e. The molecule has 0 aromatic heterocycles. The lowest BCUT2D eigenvalue weighted by atomic mass is 10.3. The van der Waals surface area contributed by atoms with Crippen LogP contribution in [0.5, 0.6) is 5.75 Å². The number of nitrogens with two attached hydrogens (primary N) is 1. The van der Waals surface area contributed by atoms with Gasteiger partial charge in [0.1, 0.15) is 5.75 Å². The van der Waals surface area contributed by atoms with E-state index in [1.54, 1.807) is 0 Å². The van der Waals surface area contributed by atoms with Crippen LogP contribution in [0.15, 0.2) is 29.2 Å². The molecule has 1 rings (SSSR count). The molecule has 3 amide bonds. The summed E-state index contributed by atoms with van der Waals surface area (Å²) in [4.78, 5) is 22.4. The molecule has 0 aliphatic rings. The van der Waals surface area contributed by atoms with E-state index in [0.29, 0.717) is 0 Å². The lowest BCUT2D eigenvalue weighted by Gasteiger charge is -2.14.